The summed E-state index contributed by atoms with van der Waals surface area (Å²) in [6.45, 7) is 4.62. The molecule has 0 saturated heterocycles. The van der Waals surface area contributed by atoms with Crippen molar-refractivity contribution in [3.05, 3.63) is 29.3 Å². The fraction of sp³-hybridized carbons (Fsp3) is 0.700. The summed E-state index contributed by atoms with van der Waals surface area (Å²) in [5.74, 6) is 0. The van der Waals surface area contributed by atoms with E-state index >= 15 is 0 Å². The van der Waals surface area contributed by atoms with Gasteiger partial charge in [0, 0.05) is 0 Å². The van der Waals surface area contributed by atoms with Crippen molar-refractivity contribution >= 4 is 13.2 Å². The highest BCUT2D eigenvalue weighted by Crippen LogP contribution is 2.56. The largest absolute Gasteiger partial charge is 0.0689 e. The van der Waals surface area contributed by atoms with E-state index in [2.05, 4.69) is 32.0 Å². The predicted molar refractivity (Wildman–Crippen MR) is 96.3 cm³/mol. The molecule has 116 valence electrons. The molecule has 2 saturated carbocycles. The second kappa shape index (κ2) is 7.28. The minimum atomic E-state index is 0.0981. The molecule has 1 heteroatoms. The molecular formula is C20H31P. The third-order valence-electron chi connectivity index (χ3n) is 5.59. The van der Waals surface area contributed by atoms with E-state index < -0.39 is 0 Å². The molecule has 3 rings (SSSR count). The summed E-state index contributed by atoms with van der Waals surface area (Å²) in [5.41, 5.74) is 5.24. The first kappa shape index (κ1) is 15.5. The van der Waals surface area contributed by atoms with Crippen LogP contribution in [0.2, 0.25) is 0 Å². The van der Waals surface area contributed by atoms with Gasteiger partial charge in [-0.2, -0.15) is 0 Å². The van der Waals surface area contributed by atoms with Crippen molar-refractivity contribution < 1.29 is 0 Å². The molecule has 2 aliphatic carbocycles. The van der Waals surface area contributed by atoms with Crippen LogP contribution in [0.25, 0.3) is 0 Å². The lowest BCUT2D eigenvalue weighted by Crippen LogP contribution is -2.20. The van der Waals surface area contributed by atoms with Crippen LogP contribution in [0, 0.1) is 0 Å². The Kier molecular flexibility index (Phi) is 5.38. The van der Waals surface area contributed by atoms with E-state index in [0.717, 1.165) is 11.3 Å². The van der Waals surface area contributed by atoms with E-state index in [-0.39, 0.29) is 7.92 Å². The van der Waals surface area contributed by atoms with Gasteiger partial charge in [-0.05, 0) is 66.3 Å². The molecule has 0 unspecified atom stereocenters. The van der Waals surface area contributed by atoms with Gasteiger partial charge in [0.15, 0.2) is 0 Å². The maximum absolute atomic E-state index is 2.58. The summed E-state index contributed by atoms with van der Waals surface area (Å²) in [5, 5.41) is 1.76. The number of aryl methyl sites for hydroxylation is 2. The van der Waals surface area contributed by atoms with Crippen LogP contribution in [-0.2, 0) is 12.8 Å². The van der Waals surface area contributed by atoms with Crippen LogP contribution < -0.4 is 5.30 Å². The van der Waals surface area contributed by atoms with Crippen LogP contribution in [0.5, 0.6) is 0 Å². The average molecular weight is 302 g/mol. The molecule has 21 heavy (non-hydrogen) atoms. The Hall–Kier alpha value is -0.350. The highest BCUT2D eigenvalue weighted by Gasteiger charge is 2.33. The Morgan fingerprint density at radius 2 is 1.19 bits per heavy atom. The lowest BCUT2D eigenvalue weighted by molar-refractivity contribution is 0.835. The lowest BCUT2D eigenvalue weighted by Gasteiger charge is -2.31. The Balaban J connectivity index is 1.94. The highest BCUT2D eigenvalue weighted by atomic mass is 31.1. The molecule has 0 aliphatic heterocycles. The van der Waals surface area contributed by atoms with Crippen molar-refractivity contribution in [2.45, 2.75) is 89.4 Å². The van der Waals surface area contributed by atoms with Crippen molar-refractivity contribution in [2.24, 2.45) is 0 Å². The van der Waals surface area contributed by atoms with E-state index in [1.807, 2.05) is 0 Å². The summed E-state index contributed by atoms with van der Waals surface area (Å²) in [4.78, 5) is 0. The molecule has 2 aliphatic rings. The zero-order valence-electron chi connectivity index (χ0n) is 13.9. The van der Waals surface area contributed by atoms with Gasteiger partial charge in [-0.3, -0.25) is 0 Å². The molecule has 2 fully saturated rings. The maximum Gasteiger partial charge on any atom is -0.0166 e. The standard InChI is InChI=1S/C20H31P/c1-3-16-13-17(4-2)15-20(14-16)21(18-9-5-6-10-18)19-11-7-8-12-19/h13-15,18-19H,3-12H2,1-2H3. The normalized spacial score (nSPS) is 20.7. The fourth-order valence-corrected chi connectivity index (χ4v) is 8.30. The SMILES string of the molecule is CCc1cc(CC)cc(P(C2CCCC2)C2CCCC2)c1. The highest BCUT2D eigenvalue weighted by molar-refractivity contribution is 7.67. The Labute approximate surface area is 132 Å². The monoisotopic (exact) mass is 302 g/mol. The topological polar surface area (TPSA) is 0 Å². The van der Waals surface area contributed by atoms with E-state index in [9.17, 15) is 0 Å². The van der Waals surface area contributed by atoms with Gasteiger partial charge in [-0.1, -0.05) is 65.7 Å². The second-order valence-corrected chi connectivity index (χ2v) is 9.79. The zero-order chi connectivity index (χ0) is 14.7. The van der Waals surface area contributed by atoms with Gasteiger partial charge in [0.2, 0.25) is 0 Å². The van der Waals surface area contributed by atoms with E-state index in [1.54, 1.807) is 16.4 Å². The van der Waals surface area contributed by atoms with Crippen LogP contribution in [-0.4, -0.2) is 11.3 Å². The molecule has 0 heterocycles. The van der Waals surface area contributed by atoms with Crippen LogP contribution in [0.4, 0.5) is 0 Å². The van der Waals surface area contributed by atoms with Gasteiger partial charge < -0.3 is 0 Å². The molecule has 0 atom stereocenters. The first-order chi connectivity index (χ1) is 10.3. The molecular weight excluding hydrogens is 271 g/mol. The first-order valence-corrected chi connectivity index (χ1v) is 10.7. The quantitative estimate of drug-likeness (QED) is 0.603. The number of rotatable bonds is 5. The smallest absolute Gasteiger partial charge is 0.0166 e. The van der Waals surface area contributed by atoms with Crippen molar-refractivity contribution in [1.29, 1.82) is 0 Å². The maximum atomic E-state index is 2.58. The summed E-state index contributed by atoms with van der Waals surface area (Å²) in [6.07, 6.45) is 14.4. The van der Waals surface area contributed by atoms with Gasteiger partial charge in [0.05, 0.1) is 0 Å². The van der Waals surface area contributed by atoms with Crippen molar-refractivity contribution in [1.82, 2.24) is 0 Å². The number of benzene rings is 1. The average Bonchev–Trinajstić information content (AvgIpc) is 3.21. The summed E-state index contributed by atoms with van der Waals surface area (Å²) >= 11 is 0. The molecule has 0 radical (unpaired) electrons. The van der Waals surface area contributed by atoms with Crippen LogP contribution >= 0.6 is 7.92 Å². The Bertz CT molecular complexity index is 415. The fourth-order valence-electron chi connectivity index (χ4n) is 4.38. The summed E-state index contributed by atoms with van der Waals surface area (Å²) in [6, 6.07) is 7.61. The van der Waals surface area contributed by atoms with E-state index in [1.165, 1.54) is 64.2 Å². The zero-order valence-corrected chi connectivity index (χ0v) is 14.8. The summed E-state index contributed by atoms with van der Waals surface area (Å²) in [7, 11) is 0.0981. The Morgan fingerprint density at radius 3 is 1.57 bits per heavy atom. The molecule has 0 spiro atoms. The van der Waals surface area contributed by atoms with E-state index in [4.69, 9.17) is 0 Å². The van der Waals surface area contributed by atoms with Crippen molar-refractivity contribution in [3.8, 4) is 0 Å². The third kappa shape index (κ3) is 3.53. The minimum Gasteiger partial charge on any atom is -0.0689 e. The molecule has 0 nitrogen and oxygen atoms in total. The second-order valence-electron chi connectivity index (χ2n) is 7.00. The van der Waals surface area contributed by atoms with Crippen LogP contribution in [0.15, 0.2) is 18.2 Å². The van der Waals surface area contributed by atoms with E-state index in [0.29, 0.717) is 0 Å². The first-order valence-electron chi connectivity index (χ1n) is 9.23. The third-order valence-corrected chi connectivity index (χ3v) is 9.05. The van der Waals surface area contributed by atoms with Crippen molar-refractivity contribution in [3.63, 3.8) is 0 Å². The van der Waals surface area contributed by atoms with Gasteiger partial charge in [-0.15, -0.1) is 0 Å². The minimum absolute atomic E-state index is 0.0981. The molecule has 0 amide bonds. The van der Waals surface area contributed by atoms with Gasteiger partial charge in [-0.25, -0.2) is 0 Å². The Morgan fingerprint density at radius 1 is 0.762 bits per heavy atom. The van der Waals surface area contributed by atoms with Gasteiger partial charge >= 0.3 is 0 Å². The molecule has 0 aromatic heterocycles. The molecule has 1 aromatic carbocycles. The predicted octanol–water partition coefficient (Wildman–Crippen LogP) is 5.80. The number of hydrogen-bond donors (Lipinski definition) is 0. The van der Waals surface area contributed by atoms with Gasteiger partial charge in [0.25, 0.3) is 0 Å². The van der Waals surface area contributed by atoms with Crippen LogP contribution in [0.3, 0.4) is 0 Å². The molecule has 0 N–H and O–H groups in total. The lowest BCUT2D eigenvalue weighted by atomic mass is 10.1. The molecule has 1 aromatic rings. The number of hydrogen-bond acceptors (Lipinski definition) is 0. The molecule has 0 bridgehead atoms. The van der Waals surface area contributed by atoms with Gasteiger partial charge in [0.1, 0.15) is 0 Å². The summed E-state index contributed by atoms with van der Waals surface area (Å²) < 4.78 is 0. The van der Waals surface area contributed by atoms with Crippen LogP contribution in [0.1, 0.15) is 76.3 Å². The van der Waals surface area contributed by atoms with Crippen molar-refractivity contribution in [2.75, 3.05) is 0 Å².